The quantitative estimate of drug-likeness (QED) is 0.359. The van der Waals surface area contributed by atoms with Crippen molar-refractivity contribution in [1.29, 1.82) is 0 Å². The molecule has 0 radical (unpaired) electrons. The molecule has 3 rings (SSSR count). The molecular weight excluding hydrogens is 494 g/mol. The summed E-state index contributed by atoms with van der Waals surface area (Å²) in [5.41, 5.74) is 10.1. The van der Waals surface area contributed by atoms with Gasteiger partial charge in [-0.2, -0.15) is 0 Å². The number of nitrogens with one attached hydrogen (secondary N) is 2. The molecule has 9 heteroatoms. The van der Waals surface area contributed by atoms with E-state index in [4.69, 9.17) is 15.5 Å². The molecular formula is C30H37N5O4. The number of hydrogen-bond donors (Lipinski definition) is 3. The summed E-state index contributed by atoms with van der Waals surface area (Å²) in [4.78, 5) is 46.5. The van der Waals surface area contributed by atoms with Crippen LogP contribution in [0.5, 0.6) is 0 Å². The Morgan fingerprint density at radius 2 is 1.62 bits per heavy atom. The summed E-state index contributed by atoms with van der Waals surface area (Å²) in [5.74, 6) is -0.945. The maximum Gasteiger partial charge on any atom is 0.407 e. The molecule has 0 unspecified atom stereocenters. The van der Waals surface area contributed by atoms with Crippen molar-refractivity contribution in [2.24, 2.45) is 11.7 Å². The first-order chi connectivity index (χ1) is 18.2. The van der Waals surface area contributed by atoms with E-state index in [1.54, 1.807) is 26.8 Å². The first kappa shape index (κ1) is 29.3. The van der Waals surface area contributed by atoms with Crippen molar-refractivity contribution in [2.75, 3.05) is 5.32 Å². The second-order valence-corrected chi connectivity index (χ2v) is 10.9. The van der Waals surface area contributed by atoms with Crippen LogP contribution in [0.3, 0.4) is 0 Å². The minimum Gasteiger partial charge on any atom is -0.444 e. The van der Waals surface area contributed by atoms with Gasteiger partial charge in [0.25, 0.3) is 11.8 Å². The Bertz CT molecular complexity index is 1380. The van der Waals surface area contributed by atoms with Crippen LogP contribution < -0.4 is 16.4 Å². The predicted octanol–water partition coefficient (Wildman–Crippen LogP) is 5.33. The Balaban J connectivity index is 2.16. The average Bonchev–Trinajstić information content (AvgIpc) is 2.84. The van der Waals surface area contributed by atoms with Crippen LogP contribution in [0.1, 0.15) is 78.1 Å². The number of hydrogen-bond acceptors (Lipinski definition) is 6. The van der Waals surface area contributed by atoms with Crippen molar-refractivity contribution < 1.29 is 19.1 Å². The predicted molar refractivity (Wildman–Crippen MR) is 151 cm³/mol. The third kappa shape index (κ3) is 7.86. The number of primary amides is 1. The molecule has 3 amide bonds. The molecule has 0 aliphatic heterocycles. The number of pyridine rings is 2. The molecule has 2 heterocycles. The van der Waals surface area contributed by atoms with E-state index in [9.17, 15) is 14.4 Å². The highest BCUT2D eigenvalue weighted by atomic mass is 16.6. The molecule has 2 aromatic heterocycles. The van der Waals surface area contributed by atoms with E-state index in [1.165, 1.54) is 12.1 Å². The number of amides is 3. The van der Waals surface area contributed by atoms with Gasteiger partial charge in [0, 0.05) is 23.4 Å². The van der Waals surface area contributed by atoms with E-state index in [0.29, 0.717) is 23.7 Å². The summed E-state index contributed by atoms with van der Waals surface area (Å²) < 4.78 is 5.46. The smallest absolute Gasteiger partial charge is 0.407 e. The van der Waals surface area contributed by atoms with Crippen LogP contribution in [0.2, 0.25) is 0 Å². The Labute approximate surface area is 229 Å². The van der Waals surface area contributed by atoms with E-state index in [2.05, 4.69) is 29.5 Å². The second kappa shape index (κ2) is 12.1. The van der Waals surface area contributed by atoms with Gasteiger partial charge in [-0.1, -0.05) is 49.7 Å². The van der Waals surface area contributed by atoms with Gasteiger partial charge in [-0.15, -0.1) is 0 Å². The van der Waals surface area contributed by atoms with Crippen molar-refractivity contribution in [3.63, 3.8) is 0 Å². The van der Waals surface area contributed by atoms with Gasteiger partial charge in [0.1, 0.15) is 17.0 Å². The van der Waals surface area contributed by atoms with Crippen LogP contribution in [0.15, 0.2) is 42.5 Å². The molecule has 0 fully saturated rings. The van der Waals surface area contributed by atoms with Crippen LogP contribution in [-0.4, -0.2) is 33.5 Å². The van der Waals surface area contributed by atoms with Crippen molar-refractivity contribution >= 4 is 23.6 Å². The second-order valence-electron chi connectivity index (χ2n) is 10.9. The Hall–Kier alpha value is -4.27. The van der Waals surface area contributed by atoms with Gasteiger partial charge in [-0.25, -0.2) is 9.78 Å². The zero-order valence-corrected chi connectivity index (χ0v) is 23.6. The van der Waals surface area contributed by atoms with Crippen LogP contribution in [-0.2, 0) is 17.7 Å². The Morgan fingerprint density at radius 1 is 0.974 bits per heavy atom. The lowest BCUT2D eigenvalue weighted by molar-refractivity contribution is 0.0523. The average molecular weight is 532 g/mol. The van der Waals surface area contributed by atoms with E-state index in [-0.39, 0.29) is 17.9 Å². The van der Waals surface area contributed by atoms with Gasteiger partial charge in [0.15, 0.2) is 0 Å². The molecule has 9 nitrogen and oxygen atoms in total. The van der Waals surface area contributed by atoms with E-state index in [1.807, 2.05) is 38.1 Å². The molecule has 39 heavy (non-hydrogen) atoms. The normalized spacial score (nSPS) is 11.3. The fourth-order valence-electron chi connectivity index (χ4n) is 4.09. The largest absolute Gasteiger partial charge is 0.444 e. The first-order valence-electron chi connectivity index (χ1n) is 12.9. The SMILES string of the molecule is Cc1ccc(-c2c(CNC(=O)OC(C)(C)C)c(CC(C)C)nc(C)c2NC(=O)c2cccc(C(N)=O)n2)cc1. The van der Waals surface area contributed by atoms with Crippen LogP contribution in [0, 0.1) is 19.8 Å². The number of benzene rings is 1. The number of aromatic nitrogens is 2. The number of rotatable bonds is 8. The van der Waals surface area contributed by atoms with Crippen LogP contribution >= 0.6 is 0 Å². The lowest BCUT2D eigenvalue weighted by Crippen LogP contribution is -2.32. The van der Waals surface area contributed by atoms with Gasteiger partial charge in [0.05, 0.1) is 11.4 Å². The van der Waals surface area contributed by atoms with Crippen molar-refractivity contribution in [3.8, 4) is 11.1 Å². The number of ether oxygens (including phenoxy) is 1. The lowest BCUT2D eigenvalue weighted by atomic mass is 9.92. The van der Waals surface area contributed by atoms with Gasteiger partial charge < -0.3 is 21.1 Å². The topological polar surface area (TPSA) is 136 Å². The molecule has 0 atom stereocenters. The zero-order valence-electron chi connectivity index (χ0n) is 23.6. The Morgan fingerprint density at radius 3 is 2.21 bits per heavy atom. The third-order valence-corrected chi connectivity index (χ3v) is 5.79. The summed E-state index contributed by atoms with van der Waals surface area (Å²) in [6.45, 7) is 13.6. The minimum atomic E-state index is -0.726. The molecule has 0 spiro atoms. The highest BCUT2D eigenvalue weighted by Crippen LogP contribution is 2.36. The highest BCUT2D eigenvalue weighted by Gasteiger charge is 2.24. The fraction of sp³-hybridized carbons (Fsp3) is 0.367. The molecule has 0 aliphatic rings. The van der Waals surface area contributed by atoms with Crippen LogP contribution in [0.25, 0.3) is 11.1 Å². The number of nitrogens with two attached hydrogens (primary N) is 1. The monoisotopic (exact) mass is 531 g/mol. The standard InChI is InChI=1S/C30H37N5O4/c1-17(2)15-24-21(16-32-29(38)39-30(5,6)7)25(20-13-11-18(3)12-14-20)26(19(4)33-24)35-28(37)23-10-8-9-22(34-23)27(31)36/h8-14,17H,15-16H2,1-7H3,(H2,31,36)(H,32,38)(H,35,37). The summed E-state index contributed by atoms with van der Waals surface area (Å²) in [5, 5.41) is 5.83. The number of carbonyl (C=O) groups excluding carboxylic acids is 3. The molecule has 206 valence electrons. The highest BCUT2D eigenvalue weighted by molar-refractivity contribution is 6.06. The molecule has 0 saturated heterocycles. The molecule has 0 aliphatic carbocycles. The summed E-state index contributed by atoms with van der Waals surface area (Å²) >= 11 is 0. The number of aryl methyl sites for hydroxylation is 2. The minimum absolute atomic E-state index is 0.00853. The van der Waals surface area contributed by atoms with E-state index in [0.717, 1.165) is 27.9 Å². The maximum atomic E-state index is 13.3. The van der Waals surface area contributed by atoms with Crippen molar-refractivity contribution in [1.82, 2.24) is 15.3 Å². The number of carbonyl (C=O) groups is 3. The van der Waals surface area contributed by atoms with Gasteiger partial charge in [-0.05, 0) is 64.7 Å². The summed E-state index contributed by atoms with van der Waals surface area (Å²) in [6, 6.07) is 12.4. The molecule has 3 aromatic rings. The van der Waals surface area contributed by atoms with Gasteiger partial charge in [-0.3, -0.25) is 14.6 Å². The van der Waals surface area contributed by atoms with Gasteiger partial charge in [0.2, 0.25) is 0 Å². The fourth-order valence-corrected chi connectivity index (χ4v) is 4.09. The Kier molecular flexibility index (Phi) is 9.06. The summed E-state index contributed by atoms with van der Waals surface area (Å²) in [7, 11) is 0. The molecule has 0 saturated carbocycles. The van der Waals surface area contributed by atoms with Crippen molar-refractivity contribution in [2.45, 2.75) is 67.0 Å². The van der Waals surface area contributed by atoms with Crippen LogP contribution in [0.4, 0.5) is 10.5 Å². The van der Waals surface area contributed by atoms with E-state index < -0.39 is 23.5 Å². The lowest BCUT2D eigenvalue weighted by Gasteiger charge is -2.24. The maximum absolute atomic E-state index is 13.3. The van der Waals surface area contributed by atoms with Crippen molar-refractivity contribution in [3.05, 3.63) is 76.4 Å². The van der Waals surface area contributed by atoms with Gasteiger partial charge >= 0.3 is 6.09 Å². The zero-order chi connectivity index (χ0) is 28.9. The molecule has 1 aromatic carbocycles. The molecule has 4 N–H and O–H groups in total. The number of nitrogens with zero attached hydrogens (tertiary/aromatic N) is 2. The number of anilines is 1. The van der Waals surface area contributed by atoms with E-state index >= 15 is 0 Å². The third-order valence-electron chi connectivity index (χ3n) is 5.79. The first-order valence-corrected chi connectivity index (χ1v) is 12.9. The molecule has 0 bridgehead atoms. The number of alkyl carbamates (subject to hydrolysis) is 1. The summed E-state index contributed by atoms with van der Waals surface area (Å²) in [6.07, 6.45) is 0.119.